The number of likely N-dealkylation sites (tertiary alicyclic amines) is 1. The summed E-state index contributed by atoms with van der Waals surface area (Å²) >= 11 is 0. The van der Waals surface area contributed by atoms with Crippen LogP contribution in [-0.2, 0) is 17.9 Å². The summed E-state index contributed by atoms with van der Waals surface area (Å²) in [6, 6.07) is 6.48. The maximum absolute atomic E-state index is 12.0. The highest BCUT2D eigenvalue weighted by Gasteiger charge is 2.23. The van der Waals surface area contributed by atoms with Gasteiger partial charge < -0.3 is 15.5 Å². The molecule has 1 aromatic carbocycles. The Morgan fingerprint density at radius 3 is 3.03 bits per heavy atom. The van der Waals surface area contributed by atoms with Crippen molar-refractivity contribution in [2.45, 2.75) is 38.9 Å². The van der Waals surface area contributed by atoms with Crippen molar-refractivity contribution < 1.29 is 4.79 Å². The maximum Gasteiger partial charge on any atom is 0.246 e. The fourth-order valence-corrected chi connectivity index (χ4v) is 4.18. The van der Waals surface area contributed by atoms with Gasteiger partial charge in [-0.25, -0.2) is 4.98 Å². The molecule has 1 atom stereocenters. The Hall–Kier alpha value is -3.37. The molecule has 1 saturated heterocycles. The van der Waals surface area contributed by atoms with Gasteiger partial charge in [0.05, 0.1) is 6.54 Å². The minimum Gasteiger partial charge on any atom is -0.365 e. The highest BCUT2D eigenvalue weighted by molar-refractivity contribution is 5.87. The molecule has 1 fully saturated rings. The Morgan fingerprint density at radius 1 is 1.39 bits per heavy atom. The second kappa shape index (κ2) is 9.19. The zero-order valence-electron chi connectivity index (χ0n) is 17.9. The molecule has 2 aromatic rings. The molecule has 0 spiro atoms. The predicted molar refractivity (Wildman–Crippen MR) is 123 cm³/mol. The van der Waals surface area contributed by atoms with Crippen LogP contribution in [0.15, 0.2) is 37.1 Å². The third-order valence-electron chi connectivity index (χ3n) is 5.79. The second-order valence-electron chi connectivity index (χ2n) is 8.15. The quantitative estimate of drug-likeness (QED) is 0.557. The minimum absolute atomic E-state index is 0.0225. The molecule has 0 aliphatic carbocycles. The van der Waals surface area contributed by atoms with Crippen molar-refractivity contribution >= 4 is 23.4 Å². The van der Waals surface area contributed by atoms with E-state index < -0.39 is 0 Å². The largest absolute Gasteiger partial charge is 0.365 e. The molecular formula is C24H28N6O. The van der Waals surface area contributed by atoms with Crippen molar-refractivity contribution in [1.29, 1.82) is 0 Å². The Kier molecular flexibility index (Phi) is 6.19. The van der Waals surface area contributed by atoms with Gasteiger partial charge in [0.25, 0.3) is 0 Å². The van der Waals surface area contributed by atoms with E-state index in [4.69, 9.17) is 11.4 Å². The summed E-state index contributed by atoms with van der Waals surface area (Å²) in [5.74, 6) is 4.02. The normalized spacial score (nSPS) is 18.2. The van der Waals surface area contributed by atoms with Gasteiger partial charge in [0.15, 0.2) is 0 Å². The molecule has 2 N–H and O–H groups in total. The first kappa shape index (κ1) is 20.9. The highest BCUT2D eigenvalue weighted by Crippen LogP contribution is 2.27. The van der Waals surface area contributed by atoms with Crippen molar-refractivity contribution in [3.05, 3.63) is 53.7 Å². The van der Waals surface area contributed by atoms with Crippen molar-refractivity contribution in [3.8, 4) is 12.3 Å². The maximum atomic E-state index is 12.0. The number of benzene rings is 1. The molecule has 31 heavy (non-hydrogen) atoms. The first-order valence-electron chi connectivity index (χ1n) is 10.6. The number of hydrogen-bond acceptors (Lipinski definition) is 6. The Balaban J connectivity index is 1.44. The van der Waals surface area contributed by atoms with E-state index in [-0.39, 0.29) is 11.9 Å². The van der Waals surface area contributed by atoms with E-state index in [2.05, 4.69) is 51.2 Å². The molecule has 2 aliphatic heterocycles. The summed E-state index contributed by atoms with van der Waals surface area (Å²) < 4.78 is 0. The number of aromatic nitrogens is 2. The van der Waals surface area contributed by atoms with Crippen molar-refractivity contribution in [2.24, 2.45) is 0 Å². The van der Waals surface area contributed by atoms with Gasteiger partial charge >= 0.3 is 0 Å². The van der Waals surface area contributed by atoms with Crippen LogP contribution >= 0.6 is 0 Å². The fourth-order valence-electron chi connectivity index (χ4n) is 4.18. The average Bonchev–Trinajstić information content (AvgIpc) is 3.17. The van der Waals surface area contributed by atoms with Gasteiger partial charge in [-0.3, -0.25) is 9.69 Å². The molecule has 0 bridgehead atoms. The molecule has 0 radical (unpaired) electrons. The van der Waals surface area contributed by atoms with Crippen LogP contribution in [0.5, 0.6) is 0 Å². The van der Waals surface area contributed by atoms with Crippen molar-refractivity contribution in [2.75, 3.05) is 30.3 Å². The third-order valence-corrected chi connectivity index (χ3v) is 5.79. The summed E-state index contributed by atoms with van der Waals surface area (Å²) in [6.07, 6.45) is 10.6. The van der Waals surface area contributed by atoms with E-state index in [0.29, 0.717) is 19.0 Å². The van der Waals surface area contributed by atoms with Gasteiger partial charge in [-0.05, 0) is 49.1 Å². The molecule has 7 heteroatoms. The number of carbonyl (C=O) groups excluding carboxylic acids is 1. The lowest BCUT2D eigenvalue weighted by Crippen LogP contribution is -2.44. The van der Waals surface area contributed by atoms with Crippen LogP contribution in [-0.4, -0.2) is 51.4 Å². The van der Waals surface area contributed by atoms with Crippen LogP contribution in [0.3, 0.4) is 0 Å². The van der Waals surface area contributed by atoms with Crippen LogP contribution in [0, 0.1) is 19.3 Å². The number of anilines is 3. The number of amides is 1. The molecule has 1 amide bonds. The SMILES string of the molecule is C#CCN1Cc2ccc(Nc3ncc(C)c(N[C@@H]4CCCN(C(=O)C=C)C4)n3)cc2C1. The summed E-state index contributed by atoms with van der Waals surface area (Å²) in [7, 11) is 0. The lowest BCUT2D eigenvalue weighted by Gasteiger charge is -2.33. The fraction of sp³-hybridized carbons (Fsp3) is 0.375. The van der Waals surface area contributed by atoms with Gasteiger partial charge in [0.1, 0.15) is 5.82 Å². The molecule has 4 rings (SSSR count). The summed E-state index contributed by atoms with van der Waals surface area (Å²) in [6.45, 7) is 9.41. The van der Waals surface area contributed by atoms with Crippen LogP contribution in [0.4, 0.5) is 17.5 Å². The lowest BCUT2D eigenvalue weighted by molar-refractivity contribution is -0.127. The van der Waals surface area contributed by atoms with Crippen LogP contribution in [0.2, 0.25) is 0 Å². The number of carbonyl (C=O) groups is 1. The summed E-state index contributed by atoms with van der Waals surface area (Å²) in [5.41, 5.74) is 4.51. The minimum atomic E-state index is -0.0225. The van der Waals surface area contributed by atoms with Crippen LogP contribution in [0.25, 0.3) is 0 Å². The lowest BCUT2D eigenvalue weighted by atomic mass is 10.1. The zero-order chi connectivity index (χ0) is 21.8. The number of aryl methyl sites for hydroxylation is 1. The van der Waals surface area contributed by atoms with E-state index in [0.717, 1.165) is 49.5 Å². The number of fused-ring (bicyclic) bond motifs is 1. The van der Waals surface area contributed by atoms with Gasteiger partial charge in [0.2, 0.25) is 11.9 Å². The third kappa shape index (κ3) is 4.86. The molecular weight excluding hydrogens is 388 g/mol. The molecule has 7 nitrogen and oxygen atoms in total. The van der Waals surface area contributed by atoms with E-state index in [9.17, 15) is 4.79 Å². The van der Waals surface area contributed by atoms with Gasteiger partial charge in [-0.2, -0.15) is 4.98 Å². The van der Waals surface area contributed by atoms with Crippen LogP contribution in [0.1, 0.15) is 29.5 Å². The number of terminal acetylenes is 1. The van der Waals surface area contributed by atoms with Gasteiger partial charge in [-0.1, -0.05) is 18.6 Å². The smallest absolute Gasteiger partial charge is 0.246 e. The number of rotatable bonds is 6. The summed E-state index contributed by atoms with van der Waals surface area (Å²) in [4.78, 5) is 25.2. The first-order chi connectivity index (χ1) is 15.1. The predicted octanol–water partition coefficient (Wildman–Crippen LogP) is 3.07. The molecule has 160 valence electrons. The topological polar surface area (TPSA) is 73.4 Å². The number of nitrogens with one attached hydrogen (secondary N) is 2. The second-order valence-corrected chi connectivity index (χ2v) is 8.15. The van der Waals surface area contributed by atoms with E-state index in [1.54, 1.807) is 0 Å². The summed E-state index contributed by atoms with van der Waals surface area (Å²) in [5, 5.41) is 6.82. The molecule has 0 saturated carbocycles. The van der Waals surface area contributed by atoms with Gasteiger partial charge in [-0.15, -0.1) is 6.42 Å². The van der Waals surface area contributed by atoms with Gasteiger partial charge in [0, 0.05) is 49.7 Å². The molecule has 3 heterocycles. The van der Waals surface area contributed by atoms with Crippen LogP contribution < -0.4 is 10.6 Å². The van der Waals surface area contributed by atoms with E-state index >= 15 is 0 Å². The average molecular weight is 417 g/mol. The van der Waals surface area contributed by atoms with E-state index in [1.807, 2.05) is 18.0 Å². The number of piperidine rings is 1. The Bertz CT molecular complexity index is 1030. The Morgan fingerprint density at radius 2 is 2.23 bits per heavy atom. The number of hydrogen-bond donors (Lipinski definition) is 2. The standard InChI is InChI=1S/C24H28N6O/c1-4-10-29-14-18-8-9-20(12-19(18)15-29)27-24-25-13-17(3)23(28-24)26-21-7-6-11-30(16-21)22(31)5-2/h1,5,8-9,12-13,21H,2,6-7,10-11,14-16H2,3H3,(H2,25,26,27,28)/t21-/m1/s1. The molecule has 2 aliphatic rings. The first-order valence-corrected chi connectivity index (χ1v) is 10.6. The highest BCUT2D eigenvalue weighted by atomic mass is 16.2. The van der Waals surface area contributed by atoms with Crippen molar-refractivity contribution in [1.82, 2.24) is 19.8 Å². The number of nitrogens with zero attached hydrogens (tertiary/aromatic N) is 4. The van der Waals surface area contributed by atoms with Crippen molar-refractivity contribution in [3.63, 3.8) is 0 Å². The monoisotopic (exact) mass is 416 g/mol. The van der Waals surface area contributed by atoms with E-state index in [1.165, 1.54) is 17.2 Å². The zero-order valence-corrected chi connectivity index (χ0v) is 17.9. The Labute approximate surface area is 183 Å². The molecule has 0 unspecified atom stereocenters. The molecule has 1 aromatic heterocycles.